The van der Waals surface area contributed by atoms with E-state index in [1.807, 2.05) is 29.2 Å². The van der Waals surface area contributed by atoms with Crippen molar-refractivity contribution in [1.29, 1.82) is 0 Å². The highest BCUT2D eigenvalue weighted by molar-refractivity contribution is 5.83. The first kappa shape index (κ1) is 16.2. The third-order valence-corrected chi connectivity index (χ3v) is 5.25. The number of rotatable bonds is 4. The molecule has 0 radical (unpaired) electrons. The van der Waals surface area contributed by atoms with E-state index in [1.165, 1.54) is 6.07 Å². The Kier molecular flexibility index (Phi) is 4.49. The average Bonchev–Trinajstić information content (AvgIpc) is 2.62. The highest BCUT2D eigenvalue weighted by Gasteiger charge is 2.41. The second-order valence-corrected chi connectivity index (χ2v) is 7.05. The van der Waals surface area contributed by atoms with Crippen molar-refractivity contribution in [3.63, 3.8) is 0 Å². The molecule has 2 bridgehead atoms. The van der Waals surface area contributed by atoms with Crippen molar-refractivity contribution in [1.82, 2.24) is 14.8 Å². The molecule has 3 heterocycles. The summed E-state index contributed by atoms with van der Waals surface area (Å²) in [4.78, 5) is 21.5. The van der Waals surface area contributed by atoms with Crippen LogP contribution in [-0.2, 0) is 17.9 Å². The van der Waals surface area contributed by atoms with Gasteiger partial charge in [-0.25, -0.2) is 4.39 Å². The number of carbonyl (C=O) groups excluding carboxylic acids is 1. The maximum Gasteiger partial charge on any atom is 0.240 e. The van der Waals surface area contributed by atoms with Gasteiger partial charge in [-0.2, -0.15) is 0 Å². The zero-order valence-electron chi connectivity index (χ0n) is 14.1. The van der Waals surface area contributed by atoms with Gasteiger partial charge < -0.3 is 4.90 Å². The molecule has 1 amide bonds. The summed E-state index contributed by atoms with van der Waals surface area (Å²) in [6.07, 6.45) is 3.76. The highest BCUT2D eigenvalue weighted by Crippen LogP contribution is 2.31. The van der Waals surface area contributed by atoms with Crippen LogP contribution < -0.4 is 0 Å². The molecular formula is C20H22FN3O. The van der Waals surface area contributed by atoms with Crippen molar-refractivity contribution in [2.45, 2.75) is 32.0 Å². The maximum absolute atomic E-state index is 13.5. The van der Waals surface area contributed by atoms with Gasteiger partial charge >= 0.3 is 0 Å². The molecule has 0 spiro atoms. The molecule has 0 saturated carbocycles. The van der Waals surface area contributed by atoms with Crippen LogP contribution in [0, 0.1) is 11.7 Å². The Labute approximate surface area is 147 Å². The summed E-state index contributed by atoms with van der Waals surface area (Å²) >= 11 is 0. The molecule has 2 atom stereocenters. The lowest BCUT2D eigenvalue weighted by Gasteiger charge is -2.46. The first-order valence-corrected chi connectivity index (χ1v) is 8.86. The van der Waals surface area contributed by atoms with E-state index in [9.17, 15) is 9.18 Å². The summed E-state index contributed by atoms with van der Waals surface area (Å²) in [5, 5.41) is 0. The third-order valence-electron chi connectivity index (χ3n) is 5.25. The molecular weight excluding hydrogens is 317 g/mol. The Balaban J connectivity index is 1.49. The lowest BCUT2D eigenvalue weighted by atomic mass is 9.85. The van der Waals surface area contributed by atoms with Crippen LogP contribution in [0.1, 0.15) is 24.1 Å². The van der Waals surface area contributed by atoms with E-state index < -0.39 is 0 Å². The molecule has 4 nitrogen and oxygen atoms in total. The van der Waals surface area contributed by atoms with E-state index in [0.717, 1.165) is 37.2 Å². The topological polar surface area (TPSA) is 36.4 Å². The SMILES string of the molecule is O=C1[C@H]2C[C@H](CCN2Cc2cccc(F)c2)CN1Cc1ccccn1. The Bertz CT molecular complexity index is 752. The fourth-order valence-electron chi connectivity index (χ4n) is 4.01. The molecule has 1 aromatic heterocycles. The first-order chi connectivity index (χ1) is 12.2. The van der Waals surface area contributed by atoms with Crippen molar-refractivity contribution in [3.8, 4) is 0 Å². The van der Waals surface area contributed by atoms with E-state index in [1.54, 1.807) is 18.3 Å². The number of likely N-dealkylation sites (tertiary alicyclic amines) is 2. The lowest BCUT2D eigenvalue weighted by molar-refractivity contribution is -0.146. The number of piperidine rings is 2. The zero-order valence-corrected chi connectivity index (χ0v) is 14.1. The van der Waals surface area contributed by atoms with Crippen molar-refractivity contribution < 1.29 is 9.18 Å². The molecule has 25 heavy (non-hydrogen) atoms. The van der Waals surface area contributed by atoms with Gasteiger partial charge in [-0.1, -0.05) is 18.2 Å². The van der Waals surface area contributed by atoms with Crippen LogP contribution in [0.25, 0.3) is 0 Å². The fraction of sp³-hybridized carbons (Fsp3) is 0.400. The lowest BCUT2D eigenvalue weighted by Crippen LogP contribution is -2.58. The summed E-state index contributed by atoms with van der Waals surface area (Å²) < 4.78 is 13.5. The second kappa shape index (κ2) is 6.92. The molecule has 4 rings (SSSR count). The first-order valence-electron chi connectivity index (χ1n) is 8.86. The van der Waals surface area contributed by atoms with Crippen molar-refractivity contribution in [3.05, 3.63) is 65.7 Å². The van der Waals surface area contributed by atoms with Gasteiger partial charge in [0.25, 0.3) is 0 Å². The average molecular weight is 339 g/mol. The van der Waals surface area contributed by atoms with Gasteiger partial charge in [-0.05, 0) is 55.1 Å². The van der Waals surface area contributed by atoms with E-state index in [2.05, 4.69) is 9.88 Å². The minimum Gasteiger partial charge on any atom is -0.335 e. The summed E-state index contributed by atoms with van der Waals surface area (Å²) in [6.45, 7) is 2.91. The van der Waals surface area contributed by atoms with Gasteiger partial charge in [0.05, 0.1) is 18.3 Å². The number of pyridine rings is 1. The number of fused-ring (bicyclic) bond motifs is 2. The molecule has 0 unspecified atom stereocenters. The summed E-state index contributed by atoms with van der Waals surface area (Å²) in [5.74, 6) is 0.507. The normalized spacial score (nSPS) is 23.7. The van der Waals surface area contributed by atoms with Crippen LogP contribution >= 0.6 is 0 Å². The predicted octanol–water partition coefficient (Wildman–Crippen LogP) is 2.84. The zero-order chi connectivity index (χ0) is 17.2. The van der Waals surface area contributed by atoms with Gasteiger partial charge in [-0.3, -0.25) is 14.7 Å². The van der Waals surface area contributed by atoms with Crippen LogP contribution in [0.5, 0.6) is 0 Å². The minimum atomic E-state index is -0.223. The van der Waals surface area contributed by atoms with Gasteiger partial charge in [0.2, 0.25) is 5.91 Å². The van der Waals surface area contributed by atoms with Crippen LogP contribution in [0.2, 0.25) is 0 Å². The standard InChI is InChI=1S/C20H22FN3O/c21-17-5-3-4-15(10-17)12-23-9-7-16-11-19(23)20(25)24(13-16)14-18-6-1-2-8-22-18/h1-6,8,10,16,19H,7,9,11-14H2/t16-,19+/m0/s1. The summed E-state index contributed by atoms with van der Waals surface area (Å²) in [5.41, 5.74) is 1.85. The Morgan fingerprint density at radius 2 is 2.08 bits per heavy atom. The summed E-state index contributed by atoms with van der Waals surface area (Å²) in [6, 6.07) is 12.4. The second-order valence-electron chi connectivity index (χ2n) is 7.05. The molecule has 2 aromatic rings. The number of hydrogen-bond donors (Lipinski definition) is 0. The Morgan fingerprint density at radius 1 is 1.16 bits per heavy atom. The summed E-state index contributed by atoms with van der Waals surface area (Å²) in [7, 11) is 0. The molecule has 130 valence electrons. The molecule has 0 aliphatic carbocycles. The molecule has 2 saturated heterocycles. The van der Waals surface area contributed by atoms with E-state index in [0.29, 0.717) is 19.0 Å². The third kappa shape index (κ3) is 3.56. The number of amides is 1. The minimum absolute atomic E-state index is 0.0977. The van der Waals surface area contributed by atoms with Gasteiger partial charge in [0, 0.05) is 19.3 Å². The quantitative estimate of drug-likeness (QED) is 0.859. The highest BCUT2D eigenvalue weighted by atomic mass is 19.1. The van der Waals surface area contributed by atoms with Gasteiger partial charge in [-0.15, -0.1) is 0 Å². The molecule has 2 aliphatic heterocycles. The van der Waals surface area contributed by atoms with Crippen LogP contribution in [-0.4, -0.2) is 39.8 Å². The van der Waals surface area contributed by atoms with Crippen molar-refractivity contribution in [2.24, 2.45) is 5.92 Å². The Hall–Kier alpha value is -2.27. The van der Waals surface area contributed by atoms with Crippen molar-refractivity contribution >= 4 is 5.91 Å². The van der Waals surface area contributed by atoms with E-state index in [4.69, 9.17) is 0 Å². The number of aromatic nitrogens is 1. The van der Waals surface area contributed by atoms with Gasteiger partial charge in [0.1, 0.15) is 5.82 Å². The largest absolute Gasteiger partial charge is 0.335 e. The monoisotopic (exact) mass is 339 g/mol. The fourth-order valence-corrected chi connectivity index (χ4v) is 4.01. The molecule has 5 heteroatoms. The molecule has 0 N–H and O–H groups in total. The number of carbonyl (C=O) groups is 1. The van der Waals surface area contributed by atoms with Crippen molar-refractivity contribution in [2.75, 3.05) is 13.1 Å². The molecule has 2 aliphatic rings. The van der Waals surface area contributed by atoms with Crippen LogP contribution in [0.3, 0.4) is 0 Å². The smallest absolute Gasteiger partial charge is 0.240 e. The Morgan fingerprint density at radius 3 is 2.88 bits per heavy atom. The van der Waals surface area contributed by atoms with Gasteiger partial charge in [0.15, 0.2) is 0 Å². The van der Waals surface area contributed by atoms with Crippen LogP contribution in [0.15, 0.2) is 48.7 Å². The molecule has 2 fully saturated rings. The van der Waals surface area contributed by atoms with E-state index in [-0.39, 0.29) is 17.8 Å². The number of halogens is 1. The van der Waals surface area contributed by atoms with Crippen LogP contribution in [0.4, 0.5) is 4.39 Å². The number of benzene rings is 1. The van der Waals surface area contributed by atoms with E-state index >= 15 is 0 Å². The number of hydrogen-bond acceptors (Lipinski definition) is 3. The molecule has 1 aromatic carbocycles. The predicted molar refractivity (Wildman–Crippen MR) is 93.0 cm³/mol. The maximum atomic E-state index is 13.5. The number of nitrogens with zero attached hydrogens (tertiary/aromatic N) is 3.